The molecule has 0 unspecified atom stereocenters. The van der Waals surface area contributed by atoms with E-state index in [1.54, 1.807) is 6.07 Å². The molecule has 1 aromatic rings. The van der Waals surface area contributed by atoms with Gasteiger partial charge in [0.15, 0.2) is 0 Å². The Bertz CT molecular complexity index is 370. The van der Waals surface area contributed by atoms with Crippen LogP contribution in [-0.2, 0) is 6.54 Å². The number of benzene rings is 1. The van der Waals surface area contributed by atoms with Gasteiger partial charge in [0.25, 0.3) is 0 Å². The monoisotopic (exact) mass is 279 g/mol. The van der Waals surface area contributed by atoms with Gasteiger partial charge in [-0.2, -0.15) is 0 Å². The molecule has 0 bridgehead atoms. The van der Waals surface area contributed by atoms with E-state index in [1.807, 2.05) is 0 Å². The normalized spacial score (nSPS) is 9.93. The molecular formula is C8H7BrClNO3. The zero-order chi connectivity index (χ0) is 10.7. The van der Waals surface area contributed by atoms with E-state index < -0.39 is 4.92 Å². The maximum Gasteiger partial charge on any atom is 0.232 e. The number of hydrogen-bond donors (Lipinski definition) is 0. The van der Waals surface area contributed by atoms with Gasteiger partial charge in [0.2, 0.25) is 6.54 Å². The smallest absolute Gasteiger partial charge is 0.232 e. The van der Waals surface area contributed by atoms with E-state index in [1.165, 1.54) is 13.2 Å². The van der Waals surface area contributed by atoms with Crippen LogP contribution in [0.4, 0.5) is 0 Å². The molecule has 0 saturated heterocycles. The molecule has 0 aliphatic heterocycles. The van der Waals surface area contributed by atoms with Crippen LogP contribution < -0.4 is 4.74 Å². The fraction of sp³-hybridized carbons (Fsp3) is 0.250. The van der Waals surface area contributed by atoms with E-state index >= 15 is 0 Å². The van der Waals surface area contributed by atoms with E-state index in [4.69, 9.17) is 16.3 Å². The van der Waals surface area contributed by atoms with Crippen molar-refractivity contribution < 1.29 is 9.66 Å². The first-order valence-corrected chi connectivity index (χ1v) is 4.85. The molecule has 1 aromatic carbocycles. The predicted octanol–water partition coefficient (Wildman–Crippen LogP) is 2.89. The fourth-order valence-corrected chi connectivity index (χ4v) is 2.13. The fourth-order valence-electron chi connectivity index (χ4n) is 1.10. The summed E-state index contributed by atoms with van der Waals surface area (Å²) in [6, 6.07) is 3.15. The average molecular weight is 281 g/mol. The third-order valence-electron chi connectivity index (χ3n) is 1.59. The highest BCUT2D eigenvalue weighted by Crippen LogP contribution is 2.32. The number of hydrogen-bond acceptors (Lipinski definition) is 3. The van der Waals surface area contributed by atoms with E-state index in [2.05, 4.69) is 15.9 Å². The van der Waals surface area contributed by atoms with Crippen molar-refractivity contribution in [2.24, 2.45) is 0 Å². The van der Waals surface area contributed by atoms with Crippen molar-refractivity contribution in [3.63, 3.8) is 0 Å². The highest BCUT2D eigenvalue weighted by atomic mass is 79.9. The molecule has 0 aromatic heterocycles. The molecule has 6 heteroatoms. The second-order valence-corrected chi connectivity index (χ2v) is 3.86. The van der Waals surface area contributed by atoms with Crippen molar-refractivity contribution >= 4 is 27.5 Å². The van der Waals surface area contributed by atoms with Gasteiger partial charge in [0, 0.05) is 9.95 Å². The first-order chi connectivity index (χ1) is 6.54. The van der Waals surface area contributed by atoms with Crippen LogP contribution in [0, 0.1) is 10.1 Å². The molecule has 4 nitrogen and oxygen atoms in total. The van der Waals surface area contributed by atoms with Crippen molar-refractivity contribution in [3.8, 4) is 5.75 Å². The summed E-state index contributed by atoms with van der Waals surface area (Å²) in [4.78, 5) is 9.92. The van der Waals surface area contributed by atoms with Gasteiger partial charge < -0.3 is 4.74 Å². The molecule has 0 aliphatic carbocycles. The summed E-state index contributed by atoms with van der Waals surface area (Å²) in [6.45, 7) is -0.303. The lowest BCUT2D eigenvalue weighted by Crippen LogP contribution is -2.01. The first kappa shape index (κ1) is 11.3. The van der Waals surface area contributed by atoms with Gasteiger partial charge >= 0.3 is 0 Å². The minimum absolute atomic E-state index is 0.303. The number of methoxy groups -OCH3 is 1. The van der Waals surface area contributed by atoms with Crippen molar-refractivity contribution in [3.05, 3.63) is 37.3 Å². The molecule has 0 aliphatic rings. The van der Waals surface area contributed by atoms with E-state index in [0.717, 1.165) is 0 Å². The molecule has 0 N–H and O–H groups in total. The Morgan fingerprint density at radius 3 is 2.79 bits per heavy atom. The summed E-state index contributed by atoms with van der Waals surface area (Å²) in [5.74, 6) is 0.450. The molecule has 14 heavy (non-hydrogen) atoms. The van der Waals surface area contributed by atoms with Crippen molar-refractivity contribution in [2.45, 2.75) is 6.54 Å². The topological polar surface area (TPSA) is 52.4 Å². The minimum atomic E-state index is -0.430. The minimum Gasteiger partial charge on any atom is -0.495 e. The number of ether oxygens (including phenoxy) is 1. The number of nitrogens with zero attached hydrogens (tertiary/aromatic N) is 1. The second-order valence-electron chi connectivity index (χ2n) is 2.57. The van der Waals surface area contributed by atoms with Crippen LogP contribution in [0.3, 0.4) is 0 Å². The predicted molar refractivity (Wildman–Crippen MR) is 56.4 cm³/mol. The highest BCUT2D eigenvalue weighted by molar-refractivity contribution is 9.10. The van der Waals surface area contributed by atoms with Crippen molar-refractivity contribution in [1.82, 2.24) is 0 Å². The number of nitro groups is 1. The summed E-state index contributed by atoms with van der Waals surface area (Å²) in [6.07, 6.45) is 0. The van der Waals surface area contributed by atoms with Crippen LogP contribution >= 0.6 is 27.5 Å². The highest BCUT2D eigenvalue weighted by Gasteiger charge is 2.13. The van der Waals surface area contributed by atoms with Crippen LogP contribution in [0.1, 0.15) is 5.56 Å². The van der Waals surface area contributed by atoms with Crippen LogP contribution in [-0.4, -0.2) is 12.0 Å². The Kier molecular flexibility index (Phi) is 3.71. The molecule has 76 valence electrons. The quantitative estimate of drug-likeness (QED) is 0.632. The molecule has 0 radical (unpaired) electrons. The van der Waals surface area contributed by atoms with Gasteiger partial charge in [-0.15, -0.1) is 0 Å². The summed E-state index contributed by atoms with van der Waals surface area (Å²) < 4.78 is 5.64. The standard InChI is InChI=1S/C8H7BrClNO3/c1-14-8-5(4-11(12)13)2-6(10)3-7(8)9/h2-3H,4H2,1H3. The average Bonchev–Trinajstić information content (AvgIpc) is 2.01. The lowest BCUT2D eigenvalue weighted by Gasteiger charge is -2.07. The second kappa shape index (κ2) is 4.61. The van der Waals surface area contributed by atoms with Crippen molar-refractivity contribution in [1.29, 1.82) is 0 Å². The number of rotatable bonds is 3. The Labute approximate surface area is 94.1 Å². The largest absolute Gasteiger partial charge is 0.495 e. The van der Waals surface area contributed by atoms with Gasteiger partial charge in [0.05, 0.1) is 17.1 Å². The maximum absolute atomic E-state index is 10.4. The Balaban J connectivity index is 3.17. The van der Waals surface area contributed by atoms with Gasteiger partial charge in [0.1, 0.15) is 5.75 Å². The van der Waals surface area contributed by atoms with Crippen molar-refractivity contribution in [2.75, 3.05) is 7.11 Å². The molecule has 0 spiro atoms. The van der Waals surface area contributed by atoms with Gasteiger partial charge in [-0.3, -0.25) is 10.1 Å². The van der Waals surface area contributed by atoms with E-state index in [-0.39, 0.29) is 6.54 Å². The summed E-state index contributed by atoms with van der Waals surface area (Å²) in [5, 5.41) is 10.8. The first-order valence-electron chi connectivity index (χ1n) is 3.68. The lowest BCUT2D eigenvalue weighted by atomic mass is 10.2. The van der Waals surface area contributed by atoms with E-state index in [0.29, 0.717) is 20.8 Å². The van der Waals surface area contributed by atoms with Crippen LogP contribution in [0.15, 0.2) is 16.6 Å². The molecule has 1 rings (SSSR count). The Morgan fingerprint density at radius 1 is 1.64 bits per heavy atom. The maximum atomic E-state index is 10.4. The Morgan fingerprint density at radius 2 is 2.29 bits per heavy atom. The molecule has 0 heterocycles. The Hall–Kier alpha value is -0.810. The van der Waals surface area contributed by atoms with Crippen LogP contribution in [0.2, 0.25) is 5.02 Å². The molecular weight excluding hydrogens is 273 g/mol. The van der Waals surface area contributed by atoms with Gasteiger partial charge in [-0.05, 0) is 28.1 Å². The molecule has 0 fully saturated rings. The van der Waals surface area contributed by atoms with E-state index in [9.17, 15) is 10.1 Å². The summed E-state index contributed by atoms with van der Waals surface area (Å²) in [7, 11) is 1.46. The van der Waals surface area contributed by atoms with Crippen LogP contribution in [0.25, 0.3) is 0 Å². The molecule has 0 saturated carbocycles. The summed E-state index contributed by atoms with van der Waals surface area (Å²) >= 11 is 8.97. The zero-order valence-corrected chi connectivity index (χ0v) is 9.63. The zero-order valence-electron chi connectivity index (χ0n) is 7.29. The van der Waals surface area contributed by atoms with Gasteiger partial charge in [-0.1, -0.05) is 11.6 Å². The van der Waals surface area contributed by atoms with Crippen LogP contribution in [0.5, 0.6) is 5.75 Å². The number of halogens is 2. The SMILES string of the molecule is COc1c(Br)cc(Cl)cc1C[N+](=O)[O-]. The van der Waals surface area contributed by atoms with Gasteiger partial charge in [-0.25, -0.2) is 0 Å². The molecule has 0 atom stereocenters. The lowest BCUT2D eigenvalue weighted by molar-refractivity contribution is -0.496. The third kappa shape index (κ3) is 2.59. The third-order valence-corrected chi connectivity index (χ3v) is 2.40. The summed E-state index contributed by atoms with van der Waals surface area (Å²) in [5.41, 5.74) is 0.455. The molecule has 0 amide bonds.